The van der Waals surface area contributed by atoms with Gasteiger partial charge in [0.25, 0.3) is 0 Å². The Hall–Kier alpha value is -1.36. The molecular weight excluding hydrogens is 246 g/mol. The van der Waals surface area contributed by atoms with Gasteiger partial charge in [-0.25, -0.2) is 4.98 Å². The van der Waals surface area contributed by atoms with Crippen LogP contribution < -0.4 is 4.74 Å². The molecule has 2 rings (SSSR count). The summed E-state index contributed by atoms with van der Waals surface area (Å²) in [5.41, 5.74) is 1.01. The van der Waals surface area contributed by atoms with E-state index < -0.39 is 0 Å². The summed E-state index contributed by atoms with van der Waals surface area (Å²) < 4.78 is 7.57. The third-order valence-corrected chi connectivity index (χ3v) is 3.47. The maximum absolute atomic E-state index is 5.67. The van der Waals surface area contributed by atoms with E-state index in [4.69, 9.17) is 4.74 Å². The lowest BCUT2D eigenvalue weighted by Crippen LogP contribution is -1.97. The van der Waals surface area contributed by atoms with Crippen LogP contribution in [0.1, 0.15) is 37.4 Å². The predicted octanol–water partition coefficient (Wildman–Crippen LogP) is 3.28. The number of rotatable bonds is 7. The fraction of sp³-hybridized carbons (Fsp3) is 0.538. The molecule has 0 atom stereocenters. The Morgan fingerprint density at radius 1 is 1.33 bits per heavy atom. The molecule has 18 heavy (non-hydrogen) atoms. The lowest BCUT2D eigenvalue weighted by atomic mass is 10.3. The average Bonchev–Trinajstić information content (AvgIpc) is 2.97. The normalized spacial score (nSPS) is 10.8. The number of aromatic nitrogens is 3. The molecule has 0 aliphatic heterocycles. The molecule has 2 aromatic heterocycles. The first-order valence-electron chi connectivity index (χ1n) is 6.40. The van der Waals surface area contributed by atoms with Gasteiger partial charge in [0, 0.05) is 11.9 Å². The molecule has 0 fully saturated rings. The summed E-state index contributed by atoms with van der Waals surface area (Å²) in [6.45, 7) is 5.76. The van der Waals surface area contributed by atoms with Crippen LogP contribution in [0, 0.1) is 0 Å². The Bertz CT molecular complexity index is 434. The van der Waals surface area contributed by atoms with Crippen LogP contribution in [0.3, 0.4) is 0 Å². The quantitative estimate of drug-likeness (QED) is 0.771. The Balaban J connectivity index is 1.85. The highest BCUT2D eigenvalue weighted by molar-refractivity contribution is 7.09. The summed E-state index contributed by atoms with van der Waals surface area (Å²) in [6.07, 6.45) is 6.96. The molecule has 4 nitrogen and oxygen atoms in total. The molecule has 0 unspecified atom stereocenters. The first-order chi connectivity index (χ1) is 8.81. The smallest absolute Gasteiger partial charge is 0.157 e. The molecule has 0 aliphatic rings. The summed E-state index contributed by atoms with van der Waals surface area (Å²) in [5, 5.41) is 7.49. The van der Waals surface area contributed by atoms with E-state index in [-0.39, 0.29) is 0 Å². The highest BCUT2D eigenvalue weighted by Crippen LogP contribution is 2.15. The number of nitrogens with zero attached hydrogens (tertiary/aromatic N) is 3. The van der Waals surface area contributed by atoms with Crippen molar-refractivity contribution < 1.29 is 4.74 Å². The van der Waals surface area contributed by atoms with Gasteiger partial charge < -0.3 is 4.74 Å². The van der Waals surface area contributed by atoms with E-state index in [2.05, 4.69) is 29.3 Å². The molecule has 2 heterocycles. The fourth-order valence-electron chi connectivity index (χ4n) is 1.67. The van der Waals surface area contributed by atoms with Crippen LogP contribution in [0.4, 0.5) is 0 Å². The zero-order chi connectivity index (χ0) is 12.8. The summed E-state index contributed by atoms with van der Waals surface area (Å²) in [5.74, 6) is 0.813. The van der Waals surface area contributed by atoms with E-state index in [0.29, 0.717) is 6.61 Å². The molecule has 0 N–H and O–H groups in total. The zero-order valence-corrected chi connectivity index (χ0v) is 11.7. The van der Waals surface area contributed by atoms with Crippen LogP contribution in [0.2, 0.25) is 0 Å². The zero-order valence-electron chi connectivity index (χ0n) is 10.9. The van der Waals surface area contributed by atoms with Crippen LogP contribution in [-0.4, -0.2) is 14.8 Å². The number of thiazole rings is 1. The van der Waals surface area contributed by atoms with Gasteiger partial charge in [-0.1, -0.05) is 13.8 Å². The average molecular weight is 265 g/mol. The number of aryl methyl sites for hydroxylation is 2. The maximum atomic E-state index is 5.67. The first kappa shape index (κ1) is 13.1. The van der Waals surface area contributed by atoms with Crippen molar-refractivity contribution in [2.24, 2.45) is 0 Å². The molecule has 0 spiro atoms. The topological polar surface area (TPSA) is 39.9 Å². The number of hydrogen-bond acceptors (Lipinski definition) is 4. The van der Waals surface area contributed by atoms with Gasteiger partial charge in [-0.15, -0.1) is 11.3 Å². The Kier molecular flexibility index (Phi) is 4.75. The predicted molar refractivity (Wildman–Crippen MR) is 73.0 cm³/mol. The SMILES string of the molecule is CCCc1nc(COc2cnn(CCC)c2)cs1. The van der Waals surface area contributed by atoms with Crippen molar-refractivity contribution in [3.05, 3.63) is 28.5 Å². The molecule has 0 saturated carbocycles. The maximum Gasteiger partial charge on any atom is 0.157 e. The molecule has 98 valence electrons. The van der Waals surface area contributed by atoms with E-state index in [1.807, 2.05) is 10.9 Å². The van der Waals surface area contributed by atoms with E-state index in [1.54, 1.807) is 17.5 Å². The third kappa shape index (κ3) is 3.57. The molecule has 0 radical (unpaired) electrons. The van der Waals surface area contributed by atoms with Gasteiger partial charge in [0.1, 0.15) is 6.61 Å². The largest absolute Gasteiger partial charge is 0.484 e. The van der Waals surface area contributed by atoms with Gasteiger partial charge >= 0.3 is 0 Å². The van der Waals surface area contributed by atoms with Crippen LogP contribution in [0.15, 0.2) is 17.8 Å². The van der Waals surface area contributed by atoms with Crippen LogP contribution in [0.5, 0.6) is 5.75 Å². The summed E-state index contributed by atoms with van der Waals surface area (Å²) >= 11 is 1.71. The fourth-order valence-corrected chi connectivity index (χ4v) is 2.56. The van der Waals surface area contributed by atoms with E-state index in [1.165, 1.54) is 5.01 Å². The minimum Gasteiger partial charge on any atom is -0.484 e. The standard InChI is InChI=1S/C13H19N3OS/c1-3-5-13-15-11(10-18-13)9-17-12-7-14-16(8-12)6-4-2/h7-8,10H,3-6,9H2,1-2H3. The minimum absolute atomic E-state index is 0.526. The van der Waals surface area contributed by atoms with Crippen LogP contribution in [0.25, 0.3) is 0 Å². The summed E-state index contributed by atoms with van der Waals surface area (Å²) in [4.78, 5) is 4.52. The van der Waals surface area contributed by atoms with Crippen molar-refractivity contribution in [3.63, 3.8) is 0 Å². The lowest BCUT2D eigenvalue weighted by Gasteiger charge is -1.99. The monoisotopic (exact) mass is 265 g/mol. The van der Waals surface area contributed by atoms with Crippen LogP contribution in [-0.2, 0) is 19.6 Å². The lowest BCUT2D eigenvalue weighted by molar-refractivity contribution is 0.301. The van der Waals surface area contributed by atoms with Gasteiger partial charge in [0.05, 0.1) is 23.1 Å². The minimum atomic E-state index is 0.526. The summed E-state index contributed by atoms with van der Waals surface area (Å²) in [7, 11) is 0. The first-order valence-corrected chi connectivity index (χ1v) is 7.28. The second kappa shape index (κ2) is 6.54. The molecular formula is C13H19N3OS. The van der Waals surface area contributed by atoms with Gasteiger partial charge in [-0.3, -0.25) is 4.68 Å². The van der Waals surface area contributed by atoms with Crippen molar-refractivity contribution in [1.82, 2.24) is 14.8 Å². The molecule has 2 aromatic rings. The van der Waals surface area contributed by atoms with E-state index in [9.17, 15) is 0 Å². The molecule has 0 amide bonds. The van der Waals surface area contributed by atoms with Crippen molar-refractivity contribution in [2.45, 2.75) is 46.3 Å². The van der Waals surface area contributed by atoms with Gasteiger partial charge in [-0.05, 0) is 19.3 Å². The summed E-state index contributed by atoms with van der Waals surface area (Å²) in [6, 6.07) is 0. The van der Waals surface area contributed by atoms with Crippen molar-refractivity contribution in [3.8, 4) is 5.75 Å². The van der Waals surface area contributed by atoms with E-state index in [0.717, 1.165) is 37.3 Å². The van der Waals surface area contributed by atoms with Crippen molar-refractivity contribution >= 4 is 11.3 Å². The van der Waals surface area contributed by atoms with Gasteiger partial charge in [0.15, 0.2) is 5.75 Å². The number of ether oxygens (including phenoxy) is 1. The molecule has 0 bridgehead atoms. The van der Waals surface area contributed by atoms with Crippen molar-refractivity contribution in [1.29, 1.82) is 0 Å². The second-order valence-corrected chi connectivity index (χ2v) is 5.15. The highest BCUT2D eigenvalue weighted by Gasteiger charge is 2.03. The Labute approximate surface area is 112 Å². The highest BCUT2D eigenvalue weighted by atomic mass is 32.1. The van der Waals surface area contributed by atoms with Crippen LogP contribution >= 0.6 is 11.3 Å². The number of hydrogen-bond donors (Lipinski definition) is 0. The Morgan fingerprint density at radius 3 is 3.00 bits per heavy atom. The third-order valence-electron chi connectivity index (χ3n) is 2.51. The second-order valence-electron chi connectivity index (χ2n) is 4.21. The Morgan fingerprint density at radius 2 is 2.22 bits per heavy atom. The van der Waals surface area contributed by atoms with Gasteiger partial charge in [-0.2, -0.15) is 5.10 Å². The molecule has 5 heteroatoms. The van der Waals surface area contributed by atoms with E-state index >= 15 is 0 Å². The van der Waals surface area contributed by atoms with Crippen molar-refractivity contribution in [2.75, 3.05) is 0 Å². The molecule has 0 saturated heterocycles. The molecule has 0 aliphatic carbocycles. The molecule has 0 aromatic carbocycles. The van der Waals surface area contributed by atoms with Gasteiger partial charge in [0.2, 0.25) is 0 Å².